The number of hydrogen-bond acceptors (Lipinski definition) is 2. The molecule has 1 aromatic carbocycles. The molecule has 0 saturated carbocycles. The van der Waals surface area contributed by atoms with Gasteiger partial charge in [0.2, 0.25) is 5.91 Å². The fourth-order valence-corrected chi connectivity index (χ4v) is 1.11. The molecule has 0 aromatic heterocycles. The number of aromatic carboxylic acids is 1. The first-order chi connectivity index (χ1) is 7.06. The van der Waals surface area contributed by atoms with Gasteiger partial charge >= 0.3 is 5.97 Å². The minimum Gasteiger partial charge on any atom is -0.478 e. The summed E-state index contributed by atoms with van der Waals surface area (Å²) in [7, 11) is 10.6. The van der Waals surface area contributed by atoms with E-state index in [1.807, 2.05) is 0 Å². The molecule has 1 amide bonds. The molecule has 6 heteroatoms. The zero-order valence-corrected chi connectivity index (χ0v) is 7.86. The summed E-state index contributed by atoms with van der Waals surface area (Å²) in [5.41, 5.74) is 0.120. The van der Waals surface area contributed by atoms with Gasteiger partial charge in [0.25, 0.3) is 0 Å². The molecule has 0 atom stereocenters. The molecule has 2 N–H and O–H groups in total. The number of rotatable bonds is 3. The van der Waals surface area contributed by atoms with E-state index in [0.717, 1.165) is 0 Å². The fourth-order valence-electron chi connectivity index (χ4n) is 1.11. The number of benzene rings is 1. The van der Waals surface area contributed by atoms with E-state index >= 15 is 0 Å². The van der Waals surface area contributed by atoms with Crippen LogP contribution in [0.25, 0.3) is 0 Å². The molecule has 0 bridgehead atoms. The lowest BCUT2D eigenvalue weighted by molar-refractivity contribution is -0.114. The number of anilines is 1. The van der Waals surface area contributed by atoms with E-state index in [-0.39, 0.29) is 23.0 Å². The van der Waals surface area contributed by atoms with Gasteiger partial charge in [-0.15, -0.1) is 0 Å². The number of hydrogen-bond donors (Lipinski definition) is 2. The highest BCUT2D eigenvalue weighted by atomic mass is 16.4. The Morgan fingerprint density at radius 1 is 1.40 bits per heavy atom. The van der Waals surface area contributed by atoms with Crippen molar-refractivity contribution in [2.75, 3.05) is 5.32 Å². The zero-order valence-electron chi connectivity index (χ0n) is 7.86. The lowest BCUT2D eigenvalue weighted by Gasteiger charge is -2.09. The number of carboxylic acids is 1. The van der Waals surface area contributed by atoms with Crippen LogP contribution in [-0.2, 0) is 4.79 Å². The van der Waals surface area contributed by atoms with Crippen molar-refractivity contribution in [2.45, 2.75) is 6.32 Å². The second-order valence-electron chi connectivity index (χ2n) is 2.83. The quantitative estimate of drug-likeness (QED) is 0.656. The summed E-state index contributed by atoms with van der Waals surface area (Å²) in [4.78, 5) is 21.8. The first-order valence-corrected chi connectivity index (χ1v) is 4.18. The van der Waals surface area contributed by atoms with Gasteiger partial charge in [-0.3, -0.25) is 4.79 Å². The summed E-state index contributed by atoms with van der Waals surface area (Å²) in [6.07, 6.45) is -0.214. The summed E-state index contributed by atoms with van der Waals surface area (Å²) in [6, 6.07) is 4.45. The van der Waals surface area contributed by atoms with Crippen LogP contribution in [0.4, 0.5) is 5.69 Å². The maximum Gasteiger partial charge on any atom is 0.337 e. The molecule has 0 aliphatic rings. The van der Waals surface area contributed by atoms with Crippen LogP contribution in [0.2, 0.25) is 6.32 Å². The Morgan fingerprint density at radius 3 is 2.60 bits per heavy atom. The van der Waals surface area contributed by atoms with Crippen LogP contribution in [0, 0.1) is 0 Å². The summed E-state index contributed by atoms with van der Waals surface area (Å²) in [5.74, 6) is -1.66. The number of nitrogens with one attached hydrogen (secondary N) is 1. The molecular weight excluding hydrogens is 192 g/mol. The van der Waals surface area contributed by atoms with E-state index in [2.05, 4.69) is 5.32 Å². The molecule has 1 aromatic rings. The number of amides is 1. The highest BCUT2D eigenvalue weighted by Gasteiger charge is 2.13. The average Bonchev–Trinajstić information content (AvgIpc) is 2.17. The van der Waals surface area contributed by atoms with Gasteiger partial charge in [0.05, 0.1) is 19.1 Å². The SMILES string of the molecule is [B]CC(=O)Nc1cccc([B])c1C(=O)O. The first-order valence-electron chi connectivity index (χ1n) is 4.18. The maximum absolute atomic E-state index is 11.0. The molecule has 0 aliphatic carbocycles. The third-order valence-electron chi connectivity index (χ3n) is 1.77. The topological polar surface area (TPSA) is 66.4 Å². The van der Waals surface area contributed by atoms with Crippen LogP contribution < -0.4 is 10.8 Å². The second-order valence-corrected chi connectivity index (χ2v) is 2.83. The van der Waals surface area contributed by atoms with E-state index in [4.69, 9.17) is 20.8 Å². The van der Waals surface area contributed by atoms with E-state index in [0.29, 0.717) is 0 Å². The standard InChI is InChI=1S/C9H7B2NO3/c10-4-7(13)12-6-3-1-2-5(11)8(6)9(14)15/h1-3H,4H2,(H,12,13)(H,14,15). The van der Waals surface area contributed by atoms with Crippen molar-refractivity contribution in [2.24, 2.45) is 0 Å². The van der Waals surface area contributed by atoms with E-state index in [9.17, 15) is 9.59 Å². The normalized spacial score (nSPS) is 9.60. The van der Waals surface area contributed by atoms with Gasteiger partial charge in [-0.25, -0.2) is 4.79 Å². The molecule has 0 saturated heterocycles. The minimum atomic E-state index is -1.19. The predicted molar refractivity (Wildman–Crippen MR) is 58.0 cm³/mol. The van der Waals surface area contributed by atoms with Crippen molar-refractivity contribution in [1.29, 1.82) is 0 Å². The van der Waals surface area contributed by atoms with Crippen molar-refractivity contribution in [3.05, 3.63) is 23.8 Å². The van der Waals surface area contributed by atoms with Gasteiger partial charge in [-0.1, -0.05) is 17.6 Å². The van der Waals surface area contributed by atoms with Crippen molar-refractivity contribution in [3.63, 3.8) is 0 Å². The molecular formula is C9H7B2NO3. The Morgan fingerprint density at radius 2 is 2.07 bits per heavy atom. The number of carboxylic acid groups (broad SMARTS) is 1. The van der Waals surface area contributed by atoms with Crippen molar-refractivity contribution >= 4 is 38.7 Å². The molecule has 15 heavy (non-hydrogen) atoms. The van der Waals surface area contributed by atoms with Crippen molar-refractivity contribution in [1.82, 2.24) is 0 Å². The Balaban J connectivity index is 3.11. The van der Waals surface area contributed by atoms with Gasteiger partial charge in [-0.05, 0) is 12.4 Å². The van der Waals surface area contributed by atoms with E-state index in [1.165, 1.54) is 12.1 Å². The number of carbonyl (C=O) groups is 2. The van der Waals surface area contributed by atoms with Gasteiger partial charge in [0, 0.05) is 0 Å². The van der Waals surface area contributed by atoms with Gasteiger partial charge in [0.15, 0.2) is 0 Å². The lowest BCUT2D eigenvalue weighted by atomic mass is 9.89. The first kappa shape index (κ1) is 11.4. The monoisotopic (exact) mass is 199 g/mol. The summed E-state index contributed by atoms with van der Waals surface area (Å²) in [6.45, 7) is 0. The van der Waals surface area contributed by atoms with Crippen LogP contribution >= 0.6 is 0 Å². The zero-order chi connectivity index (χ0) is 11.4. The van der Waals surface area contributed by atoms with Crippen LogP contribution in [-0.4, -0.2) is 32.7 Å². The lowest BCUT2D eigenvalue weighted by Crippen LogP contribution is -2.21. The van der Waals surface area contributed by atoms with E-state index < -0.39 is 11.9 Å². The average molecular weight is 199 g/mol. The van der Waals surface area contributed by atoms with Crippen molar-refractivity contribution < 1.29 is 14.7 Å². The van der Waals surface area contributed by atoms with Crippen molar-refractivity contribution in [3.8, 4) is 0 Å². The second kappa shape index (κ2) is 4.68. The van der Waals surface area contributed by atoms with Gasteiger partial charge in [0.1, 0.15) is 7.85 Å². The number of carbonyl (C=O) groups excluding carboxylic acids is 1. The molecule has 0 unspecified atom stereocenters. The third kappa shape index (κ3) is 2.62. The summed E-state index contributed by atoms with van der Waals surface area (Å²) >= 11 is 0. The van der Waals surface area contributed by atoms with Gasteiger partial charge < -0.3 is 10.4 Å². The van der Waals surface area contributed by atoms with Crippen LogP contribution in [0.3, 0.4) is 0 Å². The Kier molecular flexibility index (Phi) is 3.55. The van der Waals surface area contributed by atoms with Crippen LogP contribution in [0.5, 0.6) is 0 Å². The fraction of sp³-hybridized carbons (Fsp3) is 0.111. The molecule has 4 nitrogen and oxygen atoms in total. The Labute approximate surface area is 89.5 Å². The molecule has 0 aliphatic heterocycles. The highest BCUT2D eigenvalue weighted by Crippen LogP contribution is 2.12. The summed E-state index contributed by atoms with van der Waals surface area (Å²) < 4.78 is 0. The maximum atomic E-state index is 11.0. The van der Waals surface area contributed by atoms with E-state index in [1.54, 1.807) is 6.07 Å². The van der Waals surface area contributed by atoms with Crippen LogP contribution in [0.1, 0.15) is 10.4 Å². The molecule has 0 heterocycles. The molecule has 4 radical (unpaired) electrons. The Hall–Kier alpha value is -1.71. The smallest absolute Gasteiger partial charge is 0.337 e. The molecule has 1 rings (SSSR count). The largest absolute Gasteiger partial charge is 0.478 e. The molecule has 0 spiro atoms. The summed E-state index contributed by atoms with van der Waals surface area (Å²) in [5, 5.41) is 11.2. The third-order valence-corrected chi connectivity index (χ3v) is 1.77. The van der Waals surface area contributed by atoms with Crippen LogP contribution in [0.15, 0.2) is 18.2 Å². The molecule has 0 fully saturated rings. The Bertz CT molecular complexity index is 406. The minimum absolute atomic E-state index is 0.0947. The van der Waals surface area contributed by atoms with Gasteiger partial charge in [-0.2, -0.15) is 0 Å². The molecule has 72 valence electrons. The predicted octanol–water partition coefficient (Wildman–Crippen LogP) is -0.296. The highest BCUT2D eigenvalue weighted by molar-refractivity contribution is 6.37.